The van der Waals surface area contributed by atoms with Crippen LogP contribution in [-0.4, -0.2) is 34.4 Å². The molecule has 3 N–H and O–H groups in total. The van der Waals surface area contributed by atoms with Crippen molar-refractivity contribution in [2.45, 2.75) is 6.54 Å². The molecule has 0 atom stereocenters. The number of imidazole rings is 1. The van der Waals surface area contributed by atoms with Crippen molar-refractivity contribution >= 4 is 34.2 Å². The molecule has 3 aromatic rings. The summed E-state index contributed by atoms with van der Waals surface area (Å²) in [5.41, 5.74) is 1.87. The van der Waals surface area contributed by atoms with E-state index in [4.69, 9.17) is 11.6 Å². The monoisotopic (exact) mass is 362 g/mol. The molecule has 0 saturated carbocycles. The quantitative estimate of drug-likeness (QED) is 0.652. The van der Waals surface area contributed by atoms with Crippen molar-refractivity contribution in [3.63, 3.8) is 0 Å². The second-order valence-electron chi connectivity index (χ2n) is 5.76. The summed E-state index contributed by atoms with van der Waals surface area (Å²) < 4.78 is 13.8. The second-order valence-corrected chi connectivity index (χ2v) is 6.17. The van der Waals surface area contributed by atoms with Gasteiger partial charge in [0.1, 0.15) is 5.82 Å². The lowest BCUT2D eigenvalue weighted by Gasteiger charge is -2.17. The van der Waals surface area contributed by atoms with E-state index in [1.54, 1.807) is 36.2 Å². The summed E-state index contributed by atoms with van der Waals surface area (Å²) >= 11 is 6.00. The molecule has 0 aliphatic carbocycles. The highest BCUT2D eigenvalue weighted by atomic mass is 35.5. The number of likely N-dealkylation sites (N-methyl/N-ethyl adjacent to an activating group) is 1. The summed E-state index contributed by atoms with van der Waals surface area (Å²) in [5.74, 6) is -0.659. The van der Waals surface area contributed by atoms with Crippen LogP contribution < -0.4 is 11.0 Å². The fraction of sp³-hybridized carbons (Fsp3) is 0.176. The molecule has 2 aromatic carbocycles. The number of hydrogen-bond donors (Lipinski definition) is 3. The van der Waals surface area contributed by atoms with E-state index in [2.05, 4.69) is 15.3 Å². The number of aromatic nitrogens is 2. The van der Waals surface area contributed by atoms with E-state index >= 15 is 0 Å². The van der Waals surface area contributed by atoms with E-state index in [1.165, 1.54) is 12.1 Å². The number of fused-ring (bicyclic) bond motifs is 1. The third-order valence-electron chi connectivity index (χ3n) is 3.70. The molecule has 3 rings (SSSR count). The summed E-state index contributed by atoms with van der Waals surface area (Å²) in [6, 6.07) is 9.54. The smallest absolute Gasteiger partial charge is 0.323 e. The standard InChI is InChI=1S/C17H16ClFN4O2/c1-23(8-11-12(18)3-2-4-13(11)19)9-16(24)20-10-5-6-14-15(7-10)22-17(25)21-14/h2-7H,8-9H2,1H3,(H,20,24)(H2,21,22,25). The first-order valence-corrected chi connectivity index (χ1v) is 7.93. The summed E-state index contributed by atoms with van der Waals surface area (Å²) in [5, 5.41) is 3.07. The molecular formula is C17H16ClFN4O2. The third-order valence-corrected chi connectivity index (χ3v) is 4.06. The molecule has 1 heterocycles. The number of carbonyl (C=O) groups is 1. The molecule has 0 saturated heterocycles. The topological polar surface area (TPSA) is 81.0 Å². The van der Waals surface area contributed by atoms with Crippen LogP contribution in [0.4, 0.5) is 10.1 Å². The lowest BCUT2D eigenvalue weighted by molar-refractivity contribution is -0.117. The summed E-state index contributed by atoms with van der Waals surface area (Å²) in [4.78, 5) is 30.3. The first-order valence-electron chi connectivity index (χ1n) is 7.56. The lowest BCUT2D eigenvalue weighted by atomic mass is 10.2. The molecule has 0 aliphatic rings. The largest absolute Gasteiger partial charge is 0.325 e. The average Bonchev–Trinajstić information content (AvgIpc) is 2.90. The molecule has 6 nitrogen and oxygen atoms in total. The number of rotatable bonds is 5. The van der Waals surface area contributed by atoms with E-state index in [0.29, 0.717) is 27.3 Å². The zero-order valence-electron chi connectivity index (χ0n) is 13.4. The summed E-state index contributed by atoms with van der Waals surface area (Å²) in [6.45, 7) is 0.273. The van der Waals surface area contributed by atoms with Crippen LogP contribution in [0, 0.1) is 5.82 Å². The van der Waals surface area contributed by atoms with Gasteiger partial charge >= 0.3 is 5.69 Å². The van der Waals surface area contributed by atoms with Gasteiger partial charge in [-0.05, 0) is 37.4 Å². The zero-order chi connectivity index (χ0) is 18.0. The van der Waals surface area contributed by atoms with Gasteiger partial charge in [-0.3, -0.25) is 9.69 Å². The number of carbonyl (C=O) groups excluding carboxylic acids is 1. The molecule has 25 heavy (non-hydrogen) atoms. The van der Waals surface area contributed by atoms with Crippen LogP contribution in [0.25, 0.3) is 11.0 Å². The lowest BCUT2D eigenvalue weighted by Crippen LogP contribution is -2.30. The first-order chi connectivity index (χ1) is 11.9. The molecule has 0 fully saturated rings. The van der Waals surface area contributed by atoms with Crippen LogP contribution in [0.2, 0.25) is 5.02 Å². The Bertz CT molecular complexity index is 962. The number of nitrogens with one attached hydrogen (secondary N) is 3. The van der Waals surface area contributed by atoms with E-state index in [0.717, 1.165) is 0 Å². The Morgan fingerprint density at radius 1 is 1.24 bits per heavy atom. The maximum Gasteiger partial charge on any atom is 0.323 e. The molecule has 0 aliphatic heterocycles. The summed E-state index contributed by atoms with van der Waals surface area (Å²) in [6.07, 6.45) is 0. The Balaban J connectivity index is 1.63. The fourth-order valence-corrected chi connectivity index (χ4v) is 2.79. The Morgan fingerprint density at radius 2 is 2.00 bits per heavy atom. The van der Waals surface area contributed by atoms with Gasteiger partial charge in [0.25, 0.3) is 0 Å². The van der Waals surface area contributed by atoms with Gasteiger partial charge in [0, 0.05) is 22.8 Å². The maximum atomic E-state index is 13.8. The number of halogens is 2. The van der Waals surface area contributed by atoms with Gasteiger partial charge in [-0.2, -0.15) is 0 Å². The fourth-order valence-electron chi connectivity index (χ4n) is 2.57. The van der Waals surface area contributed by atoms with E-state index in [-0.39, 0.29) is 24.7 Å². The number of aromatic amines is 2. The van der Waals surface area contributed by atoms with E-state index in [9.17, 15) is 14.0 Å². The van der Waals surface area contributed by atoms with Crippen LogP contribution in [0.3, 0.4) is 0 Å². The Morgan fingerprint density at radius 3 is 2.76 bits per heavy atom. The minimum Gasteiger partial charge on any atom is -0.325 e. The van der Waals surface area contributed by atoms with Crippen LogP contribution in [0.15, 0.2) is 41.2 Å². The van der Waals surface area contributed by atoms with Gasteiger partial charge in [-0.15, -0.1) is 0 Å². The van der Waals surface area contributed by atoms with Crippen molar-refractivity contribution in [1.82, 2.24) is 14.9 Å². The van der Waals surface area contributed by atoms with Crippen molar-refractivity contribution in [3.05, 3.63) is 63.3 Å². The number of amides is 1. The van der Waals surface area contributed by atoms with Crippen molar-refractivity contribution in [2.75, 3.05) is 18.9 Å². The van der Waals surface area contributed by atoms with Crippen molar-refractivity contribution in [1.29, 1.82) is 0 Å². The van der Waals surface area contributed by atoms with Crippen LogP contribution in [-0.2, 0) is 11.3 Å². The SMILES string of the molecule is CN(CC(=O)Nc1ccc2[nH]c(=O)[nH]c2c1)Cc1c(F)cccc1Cl. The number of nitrogens with zero attached hydrogens (tertiary/aromatic N) is 1. The van der Waals surface area contributed by atoms with E-state index in [1.807, 2.05) is 0 Å². The zero-order valence-corrected chi connectivity index (χ0v) is 14.2. The molecular weight excluding hydrogens is 347 g/mol. The highest BCUT2D eigenvalue weighted by Crippen LogP contribution is 2.20. The normalized spacial score (nSPS) is 11.2. The molecule has 0 bridgehead atoms. The van der Waals surface area contributed by atoms with E-state index < -0.39 is 5.82 Å². The minimum atomic E-state index is -0.401. The van der Waals surface area contributed by atoms with Gasteiger partial charge < -0.3 is 15.3 Å². The number of H-pyrrole nitrogens is 2. The predicted molar refractivity (Wildman–Crippen MR) is 95.3 cm³/mol. The molecule has 0 radical (unpaired) electrons. The molecule has 0 spiro atoms. The van der Waals surface area contributed by atoms with Crippen molar-refractivity contribution in [2.24, 2.45) is 0 Å². The third kappa shape index (κ3) is 4.07. The van der Waals surface area contributed by atoms with Crippen molar-refractivity contribution in [3.8, 4) is 0 Å². The van der Waals surface area contributed by atoms with Crippen molar-refractivity contribution < 1.29 is 9.18 Å². The van der Waals surface area contributed by atoms with Gasteiger partial charge in [0.15, 0.2) is 0 Å². The predicted octanol–water partition coefficient (Wildman–Crippen LogP) is 2.72. The minimum absolute atomic E-state index is 0.0619. The molecule has 1 aromatic heterocycles. The van der Waals surface area contributed by atoms with Crippen LogP contribution in [0.5, 0.6) is 0 Å². The second kappa shape index (κ2) is 7.08. The van der Waals surface area contributed by atoms with Crippen LogP contribution >= 0.6 is 11.6 Å². The summed E-state index contributed by atoms with van der Waals surface area (Å²) in [7, 11) is 1.70. The van der Waals surface area contributed by atoms with Gasteiger partial charge in [0.2, 0.25) is 5.91 Å². The molecule has 1 amide bonds. The number of hydrogen-bond acceptors (Lipinski definition) is 3. The van der Waals surface area contributed by atoms with Gasteiger partial charge in [0.05, 0.1) is 17.6 Å². The maximum absolute atomic E-state index is 13.8. The van der Waals surface area contributed by atoms with Crippen LogP contribution in [0.1, 0.15) is 5.56 Å². The molecule has 130 valence electrons. The highest BCUT2D eigenvalue weighted by molar-refractivity contribution is 6.31. The Kier molecular flexibility index (Phi) is 4.87. The molecule has 8 heteroatoms. The first kappa shape index (κ1) is 17.2. The van der Waals surface area contributed by atoms with Gasteiger partial charge in [-0.1, -0.05) is 17.7 Å². The Labute approximate surface area is 147 Å². The molecule has 0 unspecified atom stereocenters. The Hall–Kier alpha value is -2.64. The average molecular weight is 363 g/mol. The van der Waals surface area contributed by atoms with Gasteiger partial charge in [-0.25, -0.2) is 9.18 Å². The number of anilines is 1. The highest BCUT2D eigenvalue weighted by Gasteiger charge is 2.13. The number of benzene rings is 2.